The highest BCUT2D eigenvalue weighted by Gasteiger charge is 2.16. The van der Waals surface area contributed by atoms with Gasteiger partial charge >= 0.3 is 5.97 Å². The highest BCUT2D eigenvalue weighted by molar-refractivity contribution is 5.92. The molecule has 2 aromatic heterocycles. The summed E-state index contributed by atoms with van der Waals surface area (Å²) in [5, 5.41) is 18.3. The van der Waals surface area contributed by atoms with E-state index in [2.05, 4.69) is 20.4 Å². The number of hydrogen-bond acceptors (Lipinski definition) is 3. The molecule has 0 fully saturated rings. The van der Waals surface area contributed by atoms with Gasteiger partial charge in [0, 0.05) is 18.0 Å². The normalized spacial score (nSPS) is 10.2. The van der Waals surface area contributed by atoms with Gasteiger partial charge in [-0.05, 0) is 6.07 Å². The van der Waals surface area contributed by atoms with Gasteiger partial charge in [0.15, 0.2) is 5.69 Å². The van der Waals surface area contributed by atoms with Crippen LogP contribution in [0.3, 0.4) is 0 Å². The number of hydrogen-bond donors (Lipinski definition) is 3. The fraction of sp³-hybridized carbons (Fsp3) is 0. The molecule has 0 aliphatic carbocycles. The highest BCUT2D eigenvalue weighted by Crippen LogP contribution is 2.17. The van der Waals surface area contributed by atoms with Gasteiger partial charge in [0.25, 0.3) is 0 Å². The minimum Gasteiger partial charge on any atom is -0.476 e. The molecule has 3 N–H and O–H groups in total. The van der Waals surface area contributed by atoms with Crippen molar-refractivity contribution in [2.45, 2.75) is 0 Å². The second-order valence-electron chi connectivity index (χ2n) is 2.43. The van der Waals surface area contributed by atoms with E-state index in [0.717, 1.165) is 0 Å². The standard InChI is InChI=1S/C7H6N4O2/c12-7(13)6-5(9-11-10-6)4-1-2-8-3-4/h1-3,8H,(H,12,13)(H,9,10,11). The predicted octanol–water partition coefficient (Wildman–Crippen LogP) is 0.498. The van der Waals surface area contributed by atoms with Gasteiger partial charge in [0.2, 0.25) is 0 Å². The first-order valence-electron chi connectivity index (χ1n) is 3.56. The molecule has 6 nitrogen and oxygen atoms in total. The third-order valence-corrected chi connectivity index (χ3v) is 1.62. The Morgan fingerprint density at radius 2 is 2.31 bits per heavy atom. The molecule has 0 saturated heterocycles. The first-order chi connectivity index (χ1) is 6.29. The number of rotatable bonds is 2. The average Bonchev–Trinajstić information content (AvgIpc) is 2.74. The van der Waals surface area contributed by atoms with Crippen LogP contribution >= 0.6 is 0 Å². The van der Waals surface area contributed by atoms with E-state index in [1.807, 2.05) is 0 Å². The molecule has 0 radical (unpaired) electrons. The molecule has 0 aliphatic rings. The zero-order valence-electron chi connectivity index (χ0n) is 6.48. The van der Waals surface area contributed by atoms with E-state index in [4.69, 9.17) is 5.11 Å². The molecule has 0 unspecified atom stereocenters. The Morgan fingerprint density at radius 1 is 1.46 bits per heavy atom. The number of aromatic nitrogens is 4. The van der Waals surface area contributed by atoms with Crippen molar-refractivity contribution in [2.75, 3.05) is 0 Å². The minimum atomic E-state index is -1.09. The molecule has 0 saturated carbocycles. The second-order valence-corrected chi connectivity index (χ2v) is 2.43. The smallest absolute Gasteiger partial charge is 0.358 e. The van der Waals surface area contributed by atoms with Crippen molar-refractivity contribution in [2.24, 2.45) is 0 Å². The molecule has 0 spiro atoms. The van der Waals surface area contributed by atoms with Crippen LogP contribution in [0, 0.1) is 0 Å². The lowest BCUT2D eigenvalue weighted by Crippen LogP contribution is -1.98. The second kappa shape index (κ2) is 2.74. The van der Waals surface area contributed by atoms with Gasteiger partial charge in [-0.1, -0.05) is 0 Å². The maximum Gasteiger partial charge on any atom is 0.358 e. The van der Waals surface area contributed by atoms with Crippen LogP contribution in [-0.2, 0) is 0 Å². The molecule has 0 aliphatic heterocycles. The van der Waals surface area contributed by atoms with Gasteiger partial charge in [-0.25, -0.2) is 4.79 Å². The average molecular weight is 178 g/mol. The van der Waals surface area contributed by atoms with Crippen LogP contribution in [0.1, 0.15) is 10.5 Å². The Kier molecular flexibility index (Phi) is 1.59. The molecule has 0 bridgehead atoms. The number of carbonyl (C=O) groups is 1. The summed E-state index contributed by atoms with van der Waals surface area (Å²) in [6, 6.07) is 1.73. The molecule has 0 aromatic carbocycles. The Labute approximate surface area is 72.6 Å². The van der Waals surface area contributed by atoms with Crippen LogP contribution in [0.15, 0.2) is 18.5 Å². The lowest BCUT2D eigenvalue weighted by atomic mass is 10.2. The SMILES string of the molecule is O=C(O)c1n[nH]nc1-c1cc[nH]c1. The van der Waals surface area contributed by atoms with E-state index < -0.39 is 5.97 Å². The summed E-state index contributed by atoms with van der Waals surface area (Å²) in [5.74, 6) is -1.09. The third-order valence-electron chi connectivity index (χ3n) is 1.62. The summed E-state index contributed by atoms with van der Waals surface area (Å²) in [5.41, 5.74) is 0.972. The van der Waals surface area contributed by atoms with E-state index in [1.165, 1.54) is 0 Å². The summed E-state index contributed by atoms with van der Waals surface area (Å²) in [6.07, 6.45) is 3.35. The summed E-state index contributed by atoms with van der Waals surface area (Å²) in [6.45, 7) is 0. The van der Waals surface area contributed by atoms with E-state index in [9.17, 15) is 4.79 Å². The zero-order valence-corrected chi connectivity index (χ0v) is 6.48. The van der Waals surface area contributed by atoms with Crippen LogP contribution in [0.5, 0.6) is 0 Å². The lowest BCUT2D eigenvalue weighted by molar-refractivity contribution is 0.0691. The van der Waals surface area contributed by atoms with Crippen LogP contribution in [0.4, 0.5) is 0 Å². The number of carboxylic acids is 1. The number of H-pyrrole nitrogens is 2. The van der Waals surface area contributed by atoms with E-state index in [0.29, 0.717) is 11.3 Å². The Bertz CT molecular complexity index is 417. The number of nitrogens with zero attached hydrogens (tertiary/aromatic N) is 2. The van der Waals surface area contributed by atoms with Crippen LogP contribution in [0.2, 0.25) is 0 Å². The van der Waals surface area contributed by atoms with E-state index in [-0.39, 0.29) is 5.69 Å². The fourth-order valence-electron chi connectivity index (χ4n) is 1.05. The van der Waals surface area contributed by atoms with Crippen molar-refractivity contribution in [1.82, 2.24) is 20.4 Å². The van der Waals surface area contributed by atoms with Gasteiger partial charge in [-0.3, -0.25) is 0 Å². The molecule has 0 amide bonds. The minimum absolute atomic E-state index is 0.0698. The summed E-state index contributed by atoms with van der Waals surface area (Å²) in [4.78, 5) is 13.5. The van der Waals surface area contributed by atoms with Crippen molar-refractivity contribution >= 4 is 5.97 Å². The van der Waals surface area contributed by atoms with E-state index in [1.54, 1.807) is 18.5 Å². The Morgan fingerprint density at radius 3 is 2.92 bits per heavy atom. The molecule has 6 heteroatoms. The molecule has 13 heavy (non-hydrogen) atoms. The quantitative estimate of drug-likeness (QED) is 0.623. The molecule has 2 heterocycles. The van der Waals surface area contributed by atoms with Gasteiger partial charge in [0.1, 0.15) is 5.69 Å². The van der Waals surface area contributed by atoms with Crippen LogP contribution in [-0.4, -0.2) is 31.5 Å². The predicted molar refractivity (Wildman–Crippen MR) is 43.1 cm³/mol. The maximum atomic E-state index is 10.6. The monoisotopic (exact) mass is 178 g/mol. The summed E-state index contributed by atoms with van der Waals surface area (Å²) in [7, 11) is 0. The van der Waals surface area contributed by atoms with Gasteiger partial charge in [0.05, 0.1) is 0 Å². The highest BCUT2D eigenvalue weighted by atomic mass is 16.4. The van der Waals surface area contributed by atoms with Crippen molar-refractivity contribution in [3.63, 3.8) is 0 Å². The molecule has 2 rings (SSSR count). The molecule has 66 valence electrons. The van der Waals surface area contributed by atoms with Gasteiger partial charge in [-0.2, -0.15) is 10.3 Å². The summed E-state index contributed by atoms with van der Waals surface area (Å²) >= 11 is 0. The largest absolute Gasteiger partial charge is 0.476 e. The van der Waals surface area contributed by atoms with Crippen molar-refractivity contribution in [3.05, 3.63) is 24.2 Å². The first kappa shape index (κ1) is 7.53. The van der Waals surface area contributed by atoms with Crippen molar-refractivity contribution in [3.8, 4) is 11.3 Å². The van der Waals surface area contributed by atoms with Gasteiger partial charge < -0.3 is 10.1 Å². The topological polar surface area (TPSA) is 94.7 Å². The van der Waals surface area contributed by atoms with Crippen LogP contribution in [0.25, 0.3) is 11.3 Å². The number of carboxylic acid groups (broad SMARTS) is 1. The Balaban J connectivity index is 2.52. The zero-order chi connectivity index (χ0) is 9.26. The van der Waals surface area contributed by atoms with Crippen LogP contribution < -0.4 is 0 Å². The fourth-order valence-corrected chi connectivity index (χ4v) is 1.05. The van der Waals surface area contributed by atoms with Crippen molar-refractivity contribution in [1.29, 1.82) is 0 Å². The number of nitrogens with one attached hydrogen (secondary N) is 2. The Hall–Kier alpha value is -2.11. The molecular weight excluding hydrogens is 172 g/mol. The molecular formula is C7H6N4O2. The molecule has 2 aromatic rings. The summed E-state index contributed by atoms with van der Waals surface area (Å²) < 4.78 is 0. The lowest BCUT2D eigenvalue weighted by Gasteiger charge is -1.90. The van der Waals surface area contributed by atoms with E-state index >= 15 is 0 Å². The number of aromatic carboxylic acids is 1. The number of aromatic amines is 2. The van der Waals surface area contributed by atoms with Crippen molar-refractivity contribution < 1.29 is 9.90 Å². The van der Waals surface area contributed by atoms with Gasteiger partial charge in [-0.15, -0.1) is 5.10 Å². The third kappa shape index (κ3) is 1.18. The maximum absolute atomic E-state index is 10.6. The first-order valence-corrected chi connectivity index (χ1v) is 3.56. The molecule has 0 atom stereocenters.